The molecule has 1 heterocycles. The smallest absolute Gasteiger partial charge is 0.286 e. The van der Waals surface area contributed by atoms with Gasteiger partial charge < -0.3 is 4.74 Å². The van der Waals surface area contributed by atoms with Crippen LogP contribution in [-0.2, 0) is 9.47 Å². The molecule has 0 aromatic carbocycles. The lowest BCUT2D eigenvalue weighted by molar-refractivity contribution is -0.290. The number of ether oxygens (including phenoxy) is 2. The Morgan fingerprint density at radius 1 is 1.00 bits per heavy atom. The Morgan fingerprint density at radius 3 is 2.06 bits per heavy atom. The van der Waals surface area contributed by atoms with Gasteiger partial charge in [-0.1, -0.05) is 0 Å². The van der Waals surface area contributed by atoms with Crippen LogP contribution in [0.1, 0.15) is 39.0 Å². The SMILES string of the molecule is COC1(C)N=NC2(O1)C1CC3CC(C1)CC2C3. The van der Waals surface area contributed by atoms with Gasteiger partial charge in [0, 0.05) is 25.9 Å². The number of nitrogens with zero attached hydrogens (tertiary/aromatic N) is 2. The highest BCUT2D eigenvalue weighted by molar-refractivity contribution is 5.08. The van der Waals surface area contributed by atoms with Gasteiger partial charge in [0.05, 0.1) is 0 Å². The van der Waals surface area contributed by atoms with Crippen LogP contribution in [0.25, 0.3) is 0 Å². The summed E-state index contributed by atoms with van der Waals surface area (Å²) in [5.74, 6) is 2.18. The van der Waals surface area contributed by atoms with Gasteiger partial charge in [0.2, 0.25) is 0 Å². The Balaban J connectivity index is 1.69. The van der Waals surface area contributed by atoms with E-state index >= 15 is 0 Å². The van der Waals surface area contributed by atoms with Crippen molar-refractivity contribution in [2.75, 3.05) is 7.11 Å². The second-order valence-corrected chi connectivity index (χ2v) is 6.46. The van der Waals surface area contributed by atoms with Gasteiger partial charge in [0.25, 0.3) is 5.91 Å². The fourth-order valence-electron chi connectivity index (χ4n) is 4.79. The molecule has 1 spiro atoms. The lowest BCUT2D eigenvalue weighted by atomic mass is 9.52. The first-order valence-electron chi connectivity index (χ1n) is 6.83. The van der Waals surface area contributed by atoms with Crippen molar-refractivity contribution in [2.45, 2.75) is 50.7 Å². The van der Waals surface area contributed by atoms with E-state index in [2.05, 4.69) is 10.2 Å². The van der Waals surface area contributed by atoms with Crippen LogP contribution in [0.2, 0.25) is 0 Å². The molecule has 0 aromatic heterocycles. The number of hydrogen-bond donors (Lipinski definition) is 0. The Kier molecular flexibility index (Phi) is 1.90. The molecule has 4 saturated carbocycles. The average molecular weight is 236 g/mol. The van der Waals surface area contributed by atoms with Gasteiger partial charge in [-0.05, 0) is 43.9 Å². The van der Waals surface area contributed by atoms with Crippen molar-refractivity contribution in [1.29, 1.82) is 0 Å². The van der Waals surface area contributed by atoms with Crippen LogP contribution in [0.3, 0.4) is 0 Å². The standard InChI is InChI=1S/C13H20N2O2/c1-12(16-2)14-15-13(17-12)10-4-8-3-9(6-10)7-11(13)5-8/h8-11H,3-7H2,1-2H3. The molecule has 0 radical (unpaired) electrons. The predicted molar refractivity (Wildman–Crippen MR) is 61.1 cm³/mol. The molecule has 0 aromatic rings. The van der Waals surface area contributed by atoms with Gasteiger partial charge >= 0.3 is 0 Å². The van der Waals surface area contributed by atoms with E-state index in [0.717, 1.165) is 11.8 Å². The van der Waals surface area contributed by atoms with E-state index < -0.39 is 5.91 Å². The number of methoxy groups -OCH3 is 1. The normalized spacial score (nSPS) is 59.4. The van der Waals surface area contributed by atoms with Crippen LogP contribution >= 0.6 is 0 Å². The van der Waals surface area contributed by atoms with E-state index in [1.165, 1.54) is 32.1 Å². The van der Waals surface area contributed by atoms with Crippen LogP contribution < -0.4 is 0 Å². The quantitative estimate of drug-likeness (QED) is 0.702. The third-order valence-corrected chi connectivity index (χ3v) is 5.43. The van der Waals surface area contributed by atoms with Crippen molar-refractivity contribution in [3.8, 4) is 0 Å². The van der Waals surface area contributed by atoms with E-state index in [4.69, 9.17) is 9.47 Å². The first-order valence-corrected chi connectivity index (χ1v) is 6.83. The Hall–Kier alpha value is -0.480. The second kappa shape index (κ2) is 3.09. The molecular weight excluding hydrogens is 216 g/mol. The molecule has 4 fully saturated rings. The largest absolute Gasteiger partial charge is 0.334 e. The van der Waals surface area contributed by atoms with Crippen LogP contribution in [0.15, 0.2) is 10.2 Å². The minimum atomic E-state index is -0.838. The number of hydrogen-bond acceptors (Lipinski definition) is 4. The van der Waals surface area contributed by atoms with Crippen molar-refractivity contribution in [3.63, 3.8) is 0 Å². The first kappa shape index (κ1) is 10.4. The monoisotopic (exact) mass is 236 g/mol. The third kappa shape index (κ3) is 1.26. The molecule has 4 heteroatoms. The molecule has 4 bridgehead atoms. The van der Waals surface area contributed by atoms with Crippen LogP contribution in [-0.4, -0.2) is 18.7 Å². The summed E-state index contributed by atoms with van der Waals surface area (Å²) in [7, 11) is 1.65. The van der Waals surface area contributed by atoms with E-state index in [1.54, 1.807) is 7.11 Å². The van der Waals surface area contributed by atoms with Gasteiger partial charge in [-0.25, -0.2) is 0 Å². The van der Waals surface area contributed by atoms with Gasteiger partial charge in [0.15, 0.2) is 5.72 Å². The summed E-state index contributed by atoms with van der Waals surface area (Å²) in [6.45, 7) is 1.87. The van der Waals surface area contributed by atoms with Gasteiger partial charge in [0.1, 0.15) is 0 Å². The zero-order valence-corrected chi connectivity index (χ0v) is 10.6. The van der Waals surface area contributed by atoms with Crippen molar-refractivity contribution >= 4 is 0 Å². The van der Waals surface area contributed by atoms with Crippen LogP contribution in [0.4, 0.5) is 0 Å². The molecule has 0 amide bonds. The minimum absolute atomic E-state index is 0.335. The molecule has 17 heavy (non-hydrogen) atoms. The van der Waals surface area contributed by atoms with E-state index in [0.29, 0.717) is 11.8 Å². The maximum atomic E-state index is 6.21. The zero-order chi connectivity index (χ0) is 11.7. The average Bonchev–Trinajstić information content (AvgIpc) is 2.66. The van der Waals surface area contributed by atoms with E-state index in [1.807, 2.05) is 6.92 Å². The van der Waals surface area contributed by atoms with Crippen LogP contribution in [0.5, 0.6) is 0 Å². The summed E-state index contributed by atoms with van der Waals surface area (Å²) in [6, 6.07) is 0. The fraction of sp³-hybridized carbons (Fsp3) is 1.00. The van der Waals surface area contributed by atoms with Crippen molar-refractivity contribution in [3.05, 3.63) is 0 Å². The highest BCUT2D eigenvalue weighted by atomic mass is 16.7. The minimum Gasteiger partial charge on any atom is -0.334 e. The molecule has 94 valence electrons. The lowest BCUT2D eigenvalue weighted by Crippen LogP contribution is -2.58. The number of azo groups is 1. The highest BCUT2D eigenvalue weighted by Crippen LogP contribution is 2.62. The summed E-state index contributed by atoms with van der Waals surface area (Å²) in [5, 5.41) is 8.83. The Morgan fingerprint density at radius 2 is 1.59 bits per heavy atom. The summed E-state index contributed by atoms with van der Waals surface area (Å²) >= 11 is 0. The summed E-state index contributed by atoms with van der Waals surface area (Å²) in [4.78, 5) is 0. The second-order valence-electron chi connectivity index (χ2n) is 6.46. The summed E-state index contributed by atoms with van der Waals surface area (Å²) in [5.41, 5.74) is -0.335. The lowest BCUT2D eigenvalue weighted by Gasteiger charge is -2.57. The van der Waals surface area contributed by atoms with Crippen LogP contribution in [0, 0.1) is 23.7 Å². The van der Waals surface area contributed by atoms with Gasteiger partial charge in [-0.15, -0.1) is 5.11 Å². The summed E-state index contributed by atoms with van der Waals surface area (Å²) < 4.78 is 11.6. The Labute approximate surface area is 102 Å². The molecule has 5 aliphatic rings. The predicted octanol–water partition coefficient (Wildman–Crippen LogP) is 2.94. The molecule has 1 unspecified atom stereocenters. The van der Waals surface area contributed by atoms with Crippen molar-refractivity contribution in [1.82, 2.24) is 0 Å². The number of rotatable bonds is 1. The van der Waals surface area contributed by atoms with E-state index in [-0.39, 0.29) is 5.72 Å². The van der Waals surface area contributed by atoms with Crippen molar-refractivity contribution < 1.29 is 9.47 Å². The topological polar surface area (TPSA) is 43.2 Å². The fourth-order valence-corrected chi connectivity index (χ4v) is 4.79. The molecule has 0 N–H and O–H groups in total. The molecular formula is C13H20N2O2. The third-order valence-electron chi connectivity index (χ3n) is 5.43. The zero-order valence-electron chi connectivity index (χ0n) is 10.6. The Bertz CT molecular complexity index is 354. The maximum absolute atomic E-state index is 6.21. The highest BCUT2D eigenvalue weighted by Gasteiger charge is 2.63. The molecule has 1 aliphatic heterocycles. The maximum Gasteiger partial charge on any atom is 0.286 e. The molecule has 4 nitrogen and oxygen atoms in total. The molecule has 4 aliphatic carbocycles. The van der Waals surface area contributed by atoms with Crippen molar-refractivity contribution in [2.24, 2.45) is 33.9 Å². The van der Waals surface area contributed by atoms with E-state index in [9.17, 15) is 0 Å². The molecule has 1 atom stereocenters. The van der Waals surface area contributed by atoms with Gasteiger partial charge in [-0.2, -0.15) is 5.11 Å². The molecule has 0 saturated heterocycles. The first-order chi connectivity index (χ1) is 8.13. The molecule has 5 rings (SSSR count). The summed E-state index contributed by atoms with van der Waals surface area (Å²) in [6.07, 6.45) is 6.58. The van der Waals surface area contributed by atoms with Gasteiger partial charge in [-0.3, -0.25) is 4.74 Å².